The largest absolute Gasteiger partial charge is 0.276 e. The lowest BCUT2D eigenvalue weighted by molar-refractivity contribution is -0.149. The van der Waals surface area contributed by atoms with Gasteiger partial charge in [0.1, 0.15) is 0 Å². The summed E-state index contributed by atoms with van der Waals surface area (Å²) in [6.07, 6.45) is 5.36. The van der Waals surface area contributed by atoms with Crippen LogP contribution < -0.4 is 0 Å². The predicted octanol–water partition coefficient (Wildman–Crippen LogP) is 1.71. The summed E-state index contributed by atoms with van der Waals surface area (Å²) >= 11 is 0. The fourth-order valence-electron chi connectivity index (χ4n) is 4.61. The van der Waals surface area contributed by atoms with Gasteiger partial charge in [-0.25, -0.2) is 0 Å². The minimum atomic E-state index is 0.0163. The minimum absolute atomic E-state index is 0.0163. The zero-order valence-electron chi connectivity index (χ0n) is 14.7. The third-order valence-corrected chi connectivity index (χ3v) is 5.38. The molecule has 0 atom stereocenters. The summed E-state index contributed by atoms with van der Waals surface area (Å²) in [7, 11) is 0. The molecule has 6 nitrogen and oxygen atoms in total. The number of benzene rings is 1. The molecule has 0 N–H and O–H groups in total. The summed E-state index contributed by atoms with van der Waals surface area (Å²) in [5.41, 5.74) is 3.24. The van der Waals surface area contributed by atoms with Gasteiger partial charge in [0.15, 0.2) is 0 Å². The van der Waals surface area contributed by atoms with Crippen LogP contribution in [0.1, 0.15) is 11.1 Å². The topological polar surface area (TPSA) is 47.3 Å². The number of rotatable bonds is 4. The van der Waals surface area contributed by atoms with Crippen molar-refractivity contribution in [1.82, 2.24) is 19.7 Å². The predicted molar refractivity (Wildman–Crippen MR) is 102 cm³/mol. The molecule has 4 aliphatic rings. The maximum absolute atomic E-state index is 4.76. The van der Waals surface area contributed by atoms with Gasteiger partial charge in [-0.15, -0.1) is 0 Å². The molecule has 2 aromatic rings. The van der Waals surface area contributed by atoms with Crippen LogP contribution in [0.4, 0.5) is 0 Å². The van der Waals surface area contributed by atoms with Gasteiger partial charge in [-0.3, -0.25) is 19.7 Å². The molecule has 6 rings (SSSR count). The Bertz CT molecular complexity index is 795. The average Bonchev–Trinajstić information content (AvgIpc) is 2.65. The highest BCUT2D eigenvalue weighted by molar-refractivity contribution is 6.05. The van der Waals surface area contributed by atoms with Crippen LogP contribution in [0.5, 0.6) is 0 Å². The molecule has 4 aliphatic heterocycles. The van der Waals surface area contributed by atoms with E-state index in [1.807, 2.05) is 12.1 Å². The molecular weight excluding hydrogens is 324 g/mol. The molecule has 1 aromatic heterocycles. The summed E-state index contributed by atoms with van der Waals surface area (Å²) in [4.78, 5) is 11.7. The van der Waals surface area contributed by atoms with E-state index in [0.29, 0.717) is 0 Å². The highest BCUT2D eigenvalue weighted by atomic mass is 15.5. The van der Waals surface area contributed by atoms with E-state index in [-0.39, 0.29) is 5.41 Å². The van der Waals surface area contributed by atoms with E-state index in [1.54, 1.807) is 18.6 Å². The second-order valence-electron chi connectivity index (χ2n) is 7.54. The molecule has 132 valence electrons. The normalized spacial score (nSPS) is 33.1. The second-order valence-corrected chi connectivity index (χ2v) is 7.54. The molecule has 6 heteroatoms. The third kappa shape index (κ3) is 2.86. The molecule has 4 fully saturated rings. The third-order valence-electron chi connectivity index (χ3n) is 5.38. The zero-order chi connectivity index (χ0) is 17.4. The first-order valence-corrected chi connectivity index (χ1v) is 9.05. The Morgan fingerprint density at radius 3 is 2.23 bits per heavy atom. The zero-order valence-corrected chi connectivity index (χ0v) is 14.7. The van der Waals surface area contributed by atoms with Crippen LogP contribution >= 0.6 is 0 Å². The highest BCUT2D eigenvalue weighted by Gasteiger charge is 2.51. The maximum atomic E-state index is 4.76. The molecule has 4 bridgehead atoms. The van der Waals surface area contributed by atoms with Crippen LogP contribution in [-0.2, 0) is 0 Å². The van der Waals surface area contributed by atoms with E-state index in [2.05, 4.69) is 55.1 Å². The molecule has 5 heterocycles. The van der Waals surface area contributed by atoms with Gasteiger partial charge >= 0.3 is 0 Å². The van der Waals surface area contributed by atoms with Crippen molar-refractivity contribution in [2.45, 2.75) is 0 Å². The van der Waals surface area contributed by atoms with Gasteiger partial charge in [-0.2, -0.15) is 10.2 Å². The lowest BCUT2D eigenvalue weighted by Crippen LogP contribution is -2.74. The Labute approximate surface area is 153 Å². The van der Waals surface area contributed by atoms with Crippen molar-refractivity contribution < 1.29 is 0 Å². The van der Waals surface area contributed by atoms with Gasteiger partial charge in [0.05, 0.1) is 37.3 Å². The Hall–Kier alpha value is -2.41. The van der Waals surface area contributed by atoms with Crippen LogP contribution in [-0.4, -0.2) is 71.3 Å². The SMILES string of the molecule is C(=N/N=C(\c1ccccc1)C12CN3CN(CN(C3)C1)C2)/c1cccnc1. The van der Waals surface area contributed by atoms with Crippen LogP contribution in [0.2, 0.25) is 0 Å². The molecule has 0 unspecified atom stereocenters. The Kier molecular flexibility index (Phi) is 3.89. The first kappa shape index (κ1) is 15.8. The van der Waals surface area contributed by atoms with Crippen molar-refractivity contribution in [2.24, 2.45) is 15.6 Å². The van der Waals surface area contributed by atoms with Gasteiger partial charge < -0.3 is 0 Å². The van der Waals surface area contributed by atoms with E-state index in [4.69, 9.17) is 5.10 Å². The van der Waals surface area contributed by atoms with E-state index < -0.39 is 0 Å². The van der Waals surface area contributed by atoms with Gasteiger partial charge in [-0.05, 0) is 11.6 Å². The lowest BCUT2D eigenvalue weighted by Gasteiger charge is -2.60. The van der Waals surface area contributed by atoms with Gasteiger partial charge in [0.2, 0.25) is 0 Å². The number of pyridine rings is 1. The van der Waals surface area contributed by atoms with Crippen LogP contribution in [0.3, 0.4) is 0 Å². The molecule has 0 radical (unpaired) electrons. The molecule has 0 amide bonds. The molecule has 0 spiro atoms. The van der Waals surface area contributed by atoms with Gasteiger partial charge in [0.25, 0.3) is 0 Å². The standard InChI is InChI=1S/C20H22N6/c1-2-6-18(7-3-1)19(23-22-10-17-5-4-8-21-9-17)20-11-24-14-25(12-20)16-26(13-20)15-24/h1-10H,11-16H2/b22-10-,23-19+. The number of nitrogens with zero attached hydrogens (tertiary/aromatic N) is 6. The fraction of sp³-hybridized carbons (Fsp3) is 0.350. The molecule has 26 heavy (non-hydrogen) atoms. The van der Waals surface area contributed by atoms with E-state index >= 15 is 0 Å². The summed E-state index contributed by atoms with van der Waals surface area (Å²) < 4.78 is 0. The van der Waals surface area contributed by atoms with Crippen LogP contribution in [0.25, 0.3) is 0 Å². The molecule has 1 aromatic carbocycles. The van der Waals surface area contributed by atoms with Crippen LogP contribution in [0.15, 0.2) is 65.1 Å². The quantitative estimate of drug-likeness (QED) is 0.625. The van der Waals surface area contributed by atoms with Gasteiger partial charge in [0, 0.05) is 37.6 Å². The molecule has 4 saturated heterocycles. The van der Waals surface area contributed by atoms with Crippen molar-refractivity contribution >= 4 is 11.9 Å². The fourth-order valence-corrected chi connectivity index (χ4v) is 4.61. The first-order chi connectivity index (χ1) is 12.8. The van der Waals surface area contributed by atoms with Crippen molar-refractivity contribution in [3.8, 4) is 0 Å². The minimum Gasteiger partial charge on any atom is -0.276 e. The monoisotopic (exact) mass is 346 g/mol. The number of aromatic nitrogens is 1. The summed E-state index contributed by atoms with van der Waals surface area (Å²) in [5.74, 6) is 0. The van der Waals surface area contributed by atoms with Crippen molar-refractivity contribution in [3.63, 3.8) is 0 Å². The molecule has 0 saturated carbocycles. The Balaban J connectivity index is 1.53. The van der Waals surface area contributed by atoms with Crippen molar-refractivity contribution in [1.29, 1.82) is 0 Å². The van der Waals surface area contributed by atoms with E-state index in [9.17, 15) is 0 Å². The number of hydrogen-bond acceptors (Lipinski definition) is 6. The maximum Gasteiger partial charge on any atom is 0.0802 e. The smallest absolute Gasteiger partial charge is 0.0802 e. The van der Waals surface area contributed by atoms with E-state index in [0.717, 1.165) is 50.9 Å². The summed E-state index contributed by atoms with van der Waals surface area (Å²) in [6, 6.07) is 14.4. The Morgan fingerprint density at radius 1 is 0.923 bits per heavy atom. The molecule has 0 aliphatic carbocycles. The Morgan fingerprint density at radius 2 is 1.62 bits per heavy atom. The average molecular weight is 346 g/mol. The lowest BCUT2D eigenvalue weighted by atomic mass is 9.74. The van der Waals surface area contributed by atoms with Crippen LogP contribution in [0, 0.1) is 5.41 Å². The van der Waals surface area contributed by atoms with E-state index in [1.165, 1.54) is 5.56 Å². The molecular formula is C20H22N6. The van der Waals surface area contributed by atoms with Crippen molar-refractivity contribution in [3.05, 3.63) is 66.0 Å². The van der Waals surface area contributed by atoms with Crippen molar-refractivity contribution in [2.75, 3.05) is 39.6 Å². The summed E-state index contributed by atoms with van der Waals surface area (Å²) in [6.45, 7) is 6.36. The first-order valence-electron chi connectivity index (χ1n) is 9.05. The summed E-state index contributed by atoms with van der Waals surface area (Å²) in [5, 5.41) is 9.20. The second kappa shape index (κ2) is 6.39. The van der Waals surface area contributed by atoms with Gasteiger partial charge in [-0.1, -0.05) is 36.4 Å². The number of hydrogen-bond donors (Lipinski definition) is 0. The highest BCUT2D eigenvalue weighted by Crippen LogP contribution is 2.38.